The number of nitrogens with one attached hydrogen (secondary N) is 1. The van der Waals surface area contributed by atoms with E-state index in [0.29, 0.717) is 13.2 Å². The molecule has 0 aromatic carbocycles. The summed E-state index contributed by atoms with van der Waals surface area (Å²) in [5.41, 5.74) is 1.03. The van der Waals surface area contributed by atoms with Gasteiger partial charge in [0.15, 0.2) is 5.79 Å². The lowest BCUT2D eigenvalue weighted by molar-refractivity contribution is -0.136. The average Bonchev–Trinajstić information content (AvgIpc) is 2.67. The highest BCUT2D eigenvalue weighted by Crippen LogP contribution is 2.22. The molecule has 1 saturated heterocycles. The van der Waals surface area contributed by atoms with Gasteiger partial charge in [0.2, 0.25) is 0 Å². The van der Waals surface area contributed by atoms with E-state index in [4.69, 9.17) is 9.47 Å². The standard InChI is InChI=1S/C12H19N3O2/c1-4-9-5-11(15-8-14-9)13-6-10-7-16-12(2,3)17-10/h5,8,10H,4,6-7H2,1-3H3,(H,13,14,15). The smallest absolute Gasteiger partial charge is 0.163 e. The van der Waals surface area contributed by atoms with Crippen molar-refractivity contribution in [1.82, 2.24) is 9.97 Å². The number of aryl methyl sites for hydroxylation is 1. The van der Waals surface area contributed by atoms with Crippen LogP contribution in [0.25, 0.3) is 0 Å². The third kappa shape index (κ3) is 3.38. The van der Waals surface area contributed by atoms with E-state index in [1.54, 1.807) is 6.33 Å². The van der Waals surface area contributed by atoms with Crippen LogP contribution in [0.4, 0.5) is 5.82 Å². The van der Waals surface area contributed by atoms with Crippen LogP contribution in [0, 0.1) is 0 Å². The van der Waals surface area contributed by atoms with Crippen molar-refractivity contribution in [2.75, 3.05) is 18.5 Å². The first-order chi connectivity index (χ1) is 8.09. The summed E-state index contributed by atoms with van der Waals surface area (Å²) in [6, 6.07) is 1.96. The Morgan fingerprint density at radius 2 is 2.29 bits per heavy atom. The quantitative estimate of drug-likeness (QED) is 0.862. The molecule has 0 radical (unpaired) electrons. The van der Waals surface area contributed by atoms with Crippen molar-refractivity contribution < 1.29 is 9.47 Å². The molecule has 0 aliphatic carbocycles. The lowest BCUT2D eigenvalue weighted by Gasteiger charge is -2.17. The number of hydrogen-bond donors (Lipinski definition) is 1. The topological polar surface area (TPSA) is 56.3 Å². The zero-order valence-electron chi connectivity index (χ0n) is 10.6. The Kier molecular flexibility index (Phi) is 3.59. The molecule has 17 heavy (non-hydrogen) atoms. The molecular formula is C12H19N3O2. The average molecular weight is 237 g/mol. The lowest BCUT2D eigenvalue weighted by atomic mass is 10.3. The highest BCUT2D eigenvalue weighted by atomic mass is 16.7. The second-order valence-electron chi connectivity index (χ2n) is 4.58. The fraction of sp³-hybridized carbons (Fsp3) is 0.667. The predicted molar refractivity (Wildman–Crippen MR) is 64.8 cm³/mol. The van der Waals surface area contributed by atoms with Crippen molar-refractivity contribution in [2.24, 2.45) is 0 Å². The van der Waals surface area contributed by atoms with Crippen LogP contribution < -0.4 is 5.32 Å². The van der Waals surface area contributed by atoms with Gasteiger partial charge in [0, 0.05) is 18.3 Å². The van der Waals surface area contributed by atoms with Gasteiger partial charge in [-0.1, -0.05) is 6.92 Å². The monoisotopic (exact) mass is 237 g/mol. The normalized spacial score (nSPS) is 22.6. The van der Waals surface area contributed by atoms with Gasteiger partial charge in [0.1, 0.15) is 18.2 Å². The predicted octanol–water partition coefficient (Wildman–Crippen LogP) is 1.60. The molecule has 1 aliphatic rings. The minimum atomic E-state index is -0.466. The van der Waals surface area contributed by atoms with Gasteiger partial charge in [-0.25, -0.2) is 9.97 Å². The first-order valence-electron chi connectivity index (χ1n) is 5.95. The second-order valence-corrected chi connectivity index (χ2v) is 4.58. The van der Waals surface area contributed by atoms with Crippen molar-refractivity contribution in [1.29, 1.82) is 0 Å². The Hall–Kier alpha value is -1.20. The third-order valence-corrected chi connectivity index (χ3v) is 2.66. The first kappa shape index (κ1) is 12.3. The SMILES string of the molecule is CCc1cc(NCC2COC(C)(C)O2)ncn1. The summed E-state index contributed by atoms with van der Waals surface area (Å²) >= 11 is 0. The third-order valence-electron chi connectivity index (χ3n) is 2.66. The molecule has 2 heterocycles. The highest BCUT2D eigenvalue weighted by molar-refractivity contribution is 5.34. The molecule has 0 spiro atoms. The lowest BCUT2D eigenvalue weighted by Crippen LogP contribution is -2.26. The maximum Gasteiger partial charge on any atom is 0.163 e. The molecule has 1 atom stereocenters. The van der Waals surface area contributed by atoms with Crippen LogP contribution in [0.2, 0.25) is 0 Å². The van der Waals surface area contributed by atoms with Gasteiger partial charge in [-0.2, -0.15) is 0 Å². The number of anilines is 1. The number of aromatic nitrogens is 2. The number of hydrogen-bond acceptors (Lipinski definition) is 5. The van der Waals surface area contributed by atoms with Gasteiger partial charge in [-0.15, -0.1) is 0 Å². The molecular weight excluding hydrogens is 218 g/mol. The molecule has 0 saturated carbocycles. The number of rotatable bonds is 4. The summed E-state index contributed by atoms with van der Waals surface area (Å²) in [6.07, 6.45) is 2.56. The van der Waals surface area contributed by atoms with Crippen molar-refractivity contribution in [3.63, 3.8) is 0 Å². The molecule has 94 valence electrons. The van der Waals surface area contributed by atoms with Crippen LogP contribution in [-0.2, 0) is 15.9 Å². The second kappa shape index (κ2) is 4.98. The van der Waals surface area contributed by atoms with Crippen molar-refractivity contribution in [3.05, 3.63) is 18.1 Å². The van der Waals surface area contributed by atoms with Crippen LogP contribution in [0.5, 0.6) is 0 Å². The summed E-state index contributed by atoms with van der Waals surface area (Å²) < 4.78 is 11.2. The van der Waals surface area contributed by atoms with Crippen LogP contribution in [-0.4, -0.2) is 35.0 Å². The molecule has 5 heteroatoms. The Morgan fingerprint density at radius 1 is 1.47 bits per heavy atom. The van der Waals surface area contributed by atoms with E-state index in [2.05, 4.69) is 22.2 Å². The van der Waals surface area contributed by atoms with Gasteiger partial charge >= 0.3 is 0 Å². The van der Waals surface area contributed by atoms with E-state index in [1.807, 2.05) is 19.9 Å². The van der Waals surface area contributed by atoms with E-state index in [-0.39, 0.29) is 6.10 Å². The summed E-state index contributed by atoms with van der Waals surface area (Å²) in [5.74, 6) is 0.372. The zero-order valence-corrected chi connectivity index (χ0v) is 10.6. The van der Waals surface area contributed by atoms with Crippen molar-refractivity contribution in [3.8, 4) is 0 Å². The van der Waals surface area contributed by atoms with Gasteiger partial charge in [-0.05, 0) is 20.3 Å². The van der Waals surface area contributed by atoms with Gasteiger partial charge < -0.3 is 14.8 Å². The molecule has 1 N–H and O–H groups in total. The Bertz CT molecular complexity index is 382. The molecule has 1 fully saturated rings. The van der Waals surface area contributed by atoms with Crippen LogP contribution in [0.1, 0.15) is 26.5 Å². The molecule has 1 aromatic heterocycles. The van der Waals surface area contributed by atoms with E-state index in [9.17, 15) is 0 Å². The summed E-state index contributed by atoms with van der Waals surface area (Å²) in [5, 5.41) is 3.24. The Morgan fingerprint density at radius 3 is 2.94 bits per heavy atom. The van der Waals surface area contributed by atoms with Gasteiger partial charge in [-0.3, -0.25) is 0 Å². The highest BCUT2D eigenvalue weighted by Gasteiger charge is 2.32. The molecule has 1 unspecified atom stereocenters. The molecule has 0 bridgehead atoms. The van der Waals surface area contributed by atoms with Crippen molar-refractivity contribution >= 4 is 5.82 Å². The van der Waals surface area contributed by atoms with Crippen LogP contribution in [0.15, 0.2) is 12.4 Å². The maximum absolute atomic E-state index is 5.70. The van der Waals surface area contributed by atoms with Crippen LogP contribution in [0.3, 0.4) is 0 Å². The summed E-state index contributed by atoms with van der Waals surface area (Å²) in [7, 11) is 0. The fourth-order valence-corrected chi connectivity index (χ4v) is 1.77. The summed E-state index contributed by atoms with van der Waals surface area (Å²) in [6.45, 7) is 7.23. The fourth-order valence-electron chi connectivity index (χ4n) is 1.77. The number of ether oxygens (including phenoxy) is 2. The molecule has 0 amide bonds. The first-order valence-corrected chi connectivity index (χ1v) is 5.95. The maximum atomic E-state index is 5.70. The van der Waals surface area contributed by atoms with Crippen molar-refractivity contribution in [2.45, 2.75) is 39.1 Å². The van der Waals surface area contributed by atoms with Crippen LogP contribution >= 0.6 is 0 Å². The Balaban J connectivity index is 1.86. The van der Waals surface area contributed by atoms with E-state index < -0.39 is 5.79 Å². The molecule has 1 aromatic rings. The van der Waals surface area contributed by atoms with Gasteiger partial charge in [0.05, 0.1) is 6.61 Å². The van der Waals surface area contributed by atoms with E-state index >= 15 is 0 Å². The summed E-state index contributed by atoms with van der Waals surface area (Å²) in [4.78, 5) is 8.32. The molecule has 2 rings (SSSR count). The Labute approximate surface area is 102 Å². The molecule has 5 nitrogen and oxygen atoms in total. The van der Waals surface area contributed by atoms with E-state index in [0.717, 1.165) is 17.9 Å². The number of nitrogens with zero attached hydrogens (tertiary/aromatic N) is 2. The molecule has 1 aliphatic heterocycles. The zero-order chi connectivity index (χ0) is 12.3. The minimum Gasteiger partial charge on any atom is -0.367 e. The largest absolute Gasteiger partial charge is 0.367 e. The van der Waals surface area contributed by atoms with E-state index in [1.165, 1.54) is 0 Å². The minimum absolute atomic E-state index is 0.0741. The van der Waals surface area contributed by atoms with Gasteiger partial charge in [0.25, 0.3) is 0 Å².